The van der Waals surface area contributed by atoms with Crippen LogP contribution in [0.1, 0.15) is 29.3 Å². The van der Waals surface area contributed by atoms with E-state index >= 15 is 0 Å². The van der Waals surface area contributed by atoms with Crippen LogP contribution in [0.25, 0.3) is 0 Å². The summed E-state index contributed by atoms with van der Waals surface area (Å²) in [7, 11) is 3.09. The maximum atomic E-state index is 12.6. The number of ether oxygens (including phenoxy) is 2. The van der Waals surface area contributed by atoms with Gasteiger partial charge in [-0.2, -0.15) is 0 Å². The predicted molar refractivity (Wildman–Crippen MR) is 109 cm³/mol. The second-order valence-corrected chi connectivity index (χ2v) is 6.66. The minimum atomic E-state index is -0.275. The number of rotatable bonds is 9. The lowest BCUT2D eigenvalue weighted by Crippen LogP contribution is -2.38. The summed E-state index contributed by atoms with van der Waals surface area (Å²) in [6.07, 6.45) is 0.844. The molecule has 0 saturated carbocycles. The number of halogens is 1. The third-order valence-electron chi connectivity index (χ3n) is 4.05. The molecule has 0 fully saturated rings. The van der Waals surface area contributed by atoms with E-state index in [-0.39, 0.29) is 25.0 Å². The van der Waals surface area contributed by atoms with Crippen LogP contribution < -0.4 is 14.8 Å². The second kappa shape index (κ2) is 10.6. The average molecular weight is 405 g/mol. The highest BCUT2D eigenvalue weighted by Crippen LogP contribution is 2.30. The summed E-state index contributed by atoms with van der Waals surface area (Å²) < 4.78 is 11.2. The SMILES string of the molecule is CCCNC(=O)CN(C)C(=O)c1ccc(OCc2ccccc2Cl)c(OC)c1. The molecule has 2 amide bonds. The van der Waals surface area contributed by atoms with E-state index in [1.807, 2.05) is 25.1 Å². The molecule has 0 unspecified atom stereocenters. The Morgan fingerprint density at radius 3 is 2.57 bits per heavy atom. The van der Waals surface area contributed by atoms with Crippen molar-refractivity contribution in [3.63, 3.8) is 0 Å². The summed E-state index contributed by atoms with van der Waals surface area (Å²) in [6.45, 7) is 2.83. The summed E-state index contributed by atoms with van der Waals surface area (Å²) >= 11 is 6.14. The topological polar surface area (TPSA) is 67.9 Å². The quantitative estimate of drug-likeness (QED) is 0.694. The Bertz CT molecular complexity index is 826. The molecular weight excluding hydrogens is 380 g/mol. The summed E-state index contributed by atoms with van der Waals surface area (Å²) in [5, 5.41) is 3.37. The first-order valence-electron chi connectivity index (χ1n) is 9.02. The number of benzene rings is 2. The normalized spacial score (nSPS) is 10.3. The van der Waals surface area contributed by atoms with Gasteiger partial charge in [-0.1, -0.05) is 36.7 Å². The molecule has 28 heavy (non-hydrogen) atoms. The van der Waals surface area contributed by atoms with Gasteiger partial charge in [0.05, 0.1) is 13.7 Å². The van der Waals surface area contributed by atoms with Crippen molar-refractivity contribution in [2.24, 2.45) is 0 Å². The summed E-state index contributed by atoms with van der Waals surface area (Å²) in [6, 6.07) is 12.3. The molecule has 150 valence electrons. The summed E-state index contributed by atoms with van der Waals surface area (Å²) in [4.78, 5) is 25.8. The van der Waals surface area contributed by atoms with Gasteiger partial charge in [0.2, 0.25) is 5.91 Å². The largest absolute Gasteiger partial charge is 0.493 e. The van der Waals surface area contributed by atoms with Gasteiger partial charge in [0, 0.05) is 29.7 Å². The van der Waals surface area contributed by atoms with Gasteiger partial charge < -0.3 is 19.7 Å². The first-order chi connectivity index (χ1) is 13.5. The molecule has 2 rings (SSSR count). The second-order valence-electron chi connectivity index (χ2n) is 6.26. The predicted octanol–water partition coefficient (Wildman–Crippen LogP) is 3.53. The molecule has 0 spiro atoms. The van der Waals surface area contributed by atoms with Crippen LogP contribution in [-0.2, 0) is 11.4 Å². The zero-order chi connectivity index (χ0) is 20.5. The Labute approximate surface area is 170 Å². The van der Waals surface area contributed by atoms with Crippen molar-refractivity contribution in [3.8, 4) is 11.5 Å². The number of carbonyl (C=O) groups is 2. The highest BCUT2D eigenvalue weighted by molar-refractivity contribution is 6.31. The Morgan fingerprint density at radius 2 is 1.89 bits per heavy atom. The molecule has 0 bridgehead atoms. The van der Waals surface area contributed by atoms with Crippen molar-refractivity contribution >= 4 is 23.4 Å². The molecular formula is C21H25ClN2O4. The monoisotopic (exact) mass is 404 g/mol. The lowest BCUT2D eigenvalue weighted by molar-refractivity contribution is -0.121. The number of likely N-dealkylation sites (N-methyl/N-ethyl adjacent to an activating group) is 1. The van der Waals surface area contributed by atoms with Gasteiger partial charge in [0.15, 0.2) is 11.5 Å². The number of hydrogen-bond acceptors (Lipinski definition) is 4. The Morgan fingerprint density at radius 1 is 1.14 bits per heavy atom. The zero-order valence-corrected chi connectivity index (χ0v) is 17.1. The third-order valence-corrected chi connectivity index (χ3v) is 4.42. The standard InChI is InChI=1S/C21H25ClN2O4/c1-4-11-23-20(25)13-24(2)21(26)15-9-10-18(19(12-15)27-3)28-14-16-7-5-6-8-17(16)22/h5-10,12H,4,11,13-14H2,1-3H3,(H,23,25). The van der Waals surface area contributed by atoms with Crippen LogP contribution in [0.3, 0.4) is 0 Å². The highest BCUT2D eigenvalue weighted by atomic mass is 35.5. The van der Waals surface area contributed by atoms with Gasteiger partial charge in [0.25, 0.3) is 5.91 Å². The molecule has 0 saturated heterocycles. The van der Waals surface area contributed by atoms with Crippen molar-refractivity contribution in [1.29, 1.82) is 0 Å². The molecule has 0 aliphatic carbocycles. The van der Waals surface area contributed by atoms with E-state index in [0.717, 1.165) is 12.0 Å². The minimum absolute atomic E-state index is 0.00803. The maximum absolute atomic E-state index is 12.6. The van der Waals surface area contributed by atoms with Crippen molar-refractivity contribution < 1.29 is 19.1 Å². The van der Waals surface area contributed by atoms with Gasteiger partial charge in [0.1, 0.15) is 6.61 Å². The Kier molecular flexibility index (Phi) is 8.14. The molecule has 2 aromatic carbocycles. The van der Waals surface area contributed by atoms with Crippen LogP contribution in [0.15, 0.2) is 42.5 Å². The van der Waals surface area contributed by atoms with Gasteiger partial charge in [-0.05, 0) is 30.7 Å². The first-order valence-corrected chi connectivity index (χ1v) is 9.40. The van der Waals surface area contributed by atoms with E-state index in [4.69, 9.17) is 21.1 Å². The fourth-order valence-corrected chi connectivity index (χ4v) is 2.71. The lowest BCUT2D eigenvalue weighted by atomic mass is 10.1. The number of hydrogen-bond donors (Lipinski definition) is 1. The maximum Gasteiger partial charge on any atom is 0.254 e. The molecule has 0 aromatic heterocycles. The van der Waals surface area contributed by atoms with Crippen molar-refractivity contribution in [2.75, 3.05) is 27.2 Å². The van der Waals surface area contributed by atoms with E-state index in [9.17, 15) is 9.59 Å². The molecule has 1 N–H and O–H groups in total. The van der Waals surface area contributed by atoms with E-state index in [1.165, 1.54) is 12.0 Å². The minimum Gasteiger partial charge on any atom is -0.493 e. The fraction of sp³-hybridized carbons (Fsp3) is 0.333. The molecule has 0 atom stereocenters. The molecule has 0 aliphatic rings. The average Bonchev–Trinajstić information content (AvgIpc) is 2.70. The lowest BCUT2D eigenvalue weighted by Gasteiger charge is -2.18. The number of amides is 2. The molecule has 0 heterocycles. The number of carbonyl (C=O) groups excluding carboxylic acids is 2. The van der Waals surface area contributed by atoms with Crippen LogP contribution in [-0.4, -0.2) is 44.0 Å². The fourth-order valence-electron chi connectivity index (χ4n) is 2.52. The van der Waals surface area contributed by atoms with Gasteiger partial charge >= 0.3 is 0 Å². The van der Waals surface area contributed by atoms with Crippen LogP contribution >= 0.6 is 11.6 Å². The number of methoxy groups -OCH3 is 1. The first kappa shape index (κ1) is 21.6. The molecule has 2 aromatic rings. The third kappa shape index (κ3) is 5.89. The Balaban J connectivity index is 2.06. The molecule has 6 nitrogen and oxygen atoms in total. The summed E-state index contributed by atoms with van der Waals surface area (Å²) in [5.41, 5.74) is 1.26. The number of nitrogens with zero attached hydrogens (tertiary/aromatic N) is 1. The smallest absolute Gasteiger partial charge is 0.254 e. The van der Waals surface area contributed by atoms with E-state index in [1.54, 1.807) is 31.3 Å². The van der Waals surface area contributed by atoms with Crippen LogP contribution in [0.5, 0.6) is 11.5 Å². The van der Waals surface area contributed by atoms with E-state index < -0.39 is 0 Å². The van der Waals surface area contributed by atoms with E-state index in [2.05, 4.69) is 5.32 Å². The number of nitrogens with one attached hydrogen (secondary N) is 1. The van der Waals surface area contributed by atoms with Crippen LogP contribution in [0.2, 0.25) is 5.02 Å². The van der Waals surface area contributed by atoms with Crippen molar-refractivity contribution in [3.05, 3.63) is 58.6 Å². The molecule has 0 aliphatic heterocycles. The summed E-state index contributed by atoms with van der Waals surface area (Å²) in [5.74, 6) is 0.469. The zero-order valence-electron chi connectivity index (χ0n) is 16.3. The van der Waals surface area contributed by atoms with Gasteiger partial charge in [-0.15, -0.1) is 0 Å². The van der Waals surface area contributed by atoms with Crippen LogP contribution in [0, 0.1) is 0 Å². The van der Waals surface area contributed by atoms with E-state index in [0.29, 0.717) is 28.6 Å². The van der Waals surface area contributed by atoms with Gasteiger partial charge in [-0.3, -0.25) is 9.59 Å². The highest BCUT2D eigenvalue weighted by Gasteiger charge is 2.17. The van der Waals surface area contributed by atoms with Crippen molar-refractivity contribution in [2.45, 2.75) is 20.0 Å². The Hall–Kier alpha value is -2.73. The molecule has 7 heteroatoms. The van der Waals surface area contributed by atoms with Gasteiger partial charge in [-0.25, -0.2) is 0 Å². The molecule has 0 radical (unpaired) electrons. The van der Waals surface area contributed by atoms with Crippen molar-refractivity contribution in [1.82, 2.24) is 10.2 Å². The van der Waals surface area contributed by atoms with Crippen LogP contribution in [0.4, 0.5) is 0 Å².